The average molecular weight is 330 g/mol. The Morgan fingerprint density at radius 1 is 1.09 bits per heavy atom. The third-order valence-electron chi connectivity index (χ3n) is 4.24. The normalized spacial score (nSPS) is 18.9. The minimum Gasteiger partial charge on any atom is -0.512 e. The standard InChI is InChI=1S/C15H23F5O2/c1-5-13(3,8-12(16)17)10(21)7-11(22)14(4,6-2)9-15(18,19)20/h7,12,22H,5-6,8-9H2,1-4H3/b11-7-. The van der Waals surface area contributed by atoms with Gasteiger partial charge in [-0.15, -0.1) is 0 Å². The van der Waals surface area contributed by atoms with E-state index in [1.165, 1.54) is 20.8 Å². The van der Waals surface area contributed by atoms with Gasteiger partial charge in [-0.2, -0.15) is 13.2 Å². The average Bonchev–Trinajstić information content (AvgIpc) is 2.35. The number of aliphatic hydroxyl groups is 1. The van der Waals surface area contributed by atoms with Crippen molar-refractivity contribution in [1.82, 2.24) is 0 Å². The van der Waals surface area contributed by atoms with Gasteiger partial charge in [0.05, 0.1) is 6.42 Å². The molecular weight excluding hydrogens is 307 g/mol. The van der Waals surface area contributed by atoms with Crippen LogP contribution in [0.4, 0.5) is 22.0 Å². The molecule has 0 radical (unpaired) electrons. The van der Waals surface area contributed by atoms with E-state index in [0.717, 1.165) is 0 Å². The topological polar surface area (TPSA) is 37.3 Å². The van der Waals surface area contributed by atoms with E-state index in [9.17, 15) is 31.9 Å². The second-order valence-corrected chi connectivity index (χ2v) is 6.11. The van der Waals surface area contributed by atoms with E-state index in [1.807, 2.05) is 0 Å². The number of hydrogen-bond donors (Lipinski definition) is 1. The van der Waals surface area contributed by atoms with Crippen molar-refractivity contribution in [3.63, 3.8) is 0 Å². The zero-order valence-electron chi connectivity index (χ0n) is 13.2. The van der Waals surface area contributed by atoms with Crippen molar-refractivity contribution >= 4 is 5.78 Å². The maximum atomic E-state index is 12.6. The van der Waals surface area contributed by atoms with E-state index >= 15 is 0 Å². The number of aliphatic hydroxyl groups excluding tert-OH is 1. The van der Waals surface area contributed by atoms with Crippen molar-refractivity contribution in [3.05, 3.63) is 11.8 Å². The Labute approximate surface area is 127 Å². The molecule has 0 aromatic heterocycles. The van der Waals surface area contributed by atoms with E-state index in [0.29, 0.717) is 6.08 Å². The summed E-state index contributed by atoms with van der Waals surface area (Å²) in [6.45, 7) is 5.51. The highest BCUT2D eigenvalue weighted by atomic mass is 19.4. The molecule has 0 saturated carbocycles. The molecule has 0 rings (SSSR count). The van der Waals surface area contributed by atoms with E-state index in [4.69, 9.17) is 0 Å². The first-order valence-corrected chi connectivity index (χ1v) is 7.10. The van der Waals surface area contributed by atoms with Gasteiger partial charge in [-0.1, -0.05) is 27.7 Å². The van der Waals surface area contributed by atoms with E-state index in [-0.39, 0.29) is 12.8 Å². The lowest BCUT2D eigenvalue weighted by Crippen LogP contribution is -2.31. The van der Waals surface area contributed by atoms with Crippen LogP contribution in [0.3, 0.4) is 0 Å². The van der Waals surface area contributed by atoms with E-state index in [1.54, 1.807) is 6.92 Å². The third kappa shape index (κ3) is 5.93. The van der Waals surface area contributed by atoms with Crippen molar-refractivity contribution in [2.24, 2.45) is 10.8 Å². The highest BCUT2D eigenvalue weighted by Gasteiger charge is 2.42. The van der Waals surface area contributed by atoms with Crippen LogP contribution in [0.5, 0.6) is 0 Å². The molecule has 0 aromatic rings. The molecule has 0 aliphatic carbocycles. The van der Waals surface area contributed by atoms with Crippen molar-refractivity contribution in [2.75, 3.05) is 0 Å². The zero-order chi connectivity index (χ0) is 17.8. The quantitative estimate of drug-likeness (QED) is 0.366. The van der Waals surface area contributed by atoms with Gasteiger partial charge in [-0.3, -0.25) is 4.79 Å². The molecule has 7 heteroatoms. The first kappa shape index (κ1) is 20.9. The van der Waals surface area contributed by atoms with Crippen LogP contribution in [-0.2, 0) is 4.79 Å². The number of allylic oxidation sites excluding steroid dienone is 2. The van der Waals surface area contributed by atoms with Crippen LogP contribution in [0.25, 0.3) is 0 Å². The lowest BCUT2D eigenvalue weighted by Gasteiger charge is -2.30. The summed E-state index contributed by atoms with van der Waals surface area (Å²) in [5.74, 6) is -1.50. The van der Waals surface area contributed by atoms with E-state index < -0.39 is 47.8 Å². The molecule has 0 aliphatic heterocycles. The fraction of sp³-hybridized carbons (Fsp3) is 0.800. The molecule has 0 aromatic carbocycles. The summed E-state index contributed by atoms with van der Waals surface area (Å²) < 4.78 is 62.9. The monoisotopic (exact) mass is 330 g/mol. The molecule has 0 aliphatic rings. The van der Waals surface area contributed by atoms with Crippen LogP contribution >= 0.6 is 0 Å². The highest BCUT2D eigenvalue weighted by molar-refractivity contribution is 5.95. The molecule has 0 saturated heterocycles. The lowest BCUT2D eigenvalue weighted by atomic mass is 9.76. The summed E-state index contributed by atoms with van der Waals surface area (Å²) in [7, 11) is 0. The molecule has 0 spiro atoms. The van der Waals surface area contributed by atoms with Crippen LogP contribution in [0.2, 0.25) is 0 Å². The van der Waals surface area contributed by atoms with Crippen LogP contribution in [0, 0.1) is 10.8 Å². The number of alkyl halides is 5. The van der Waals surface area contributed by atoms with Gasteiger partial charge in [0.15, 0.2) is 5.78 Å². The lowest BCUT2D eigenvalue weighted by molar-refractivity contribution is -0.156. The van der Waals surface area contributed by atoms with Crippen molar-refractivity contribution in [3.8, 4) is 0 Å². The van der Waals surface area contributed by atoms with E-state index in [2.05, 4.69) is 0 Å². The zero-order valence-corrected chi connectivity index (χ0v) is 13.2. The van der Waals surface area contributed by atoms with Crippen LogP contribution in [-0.4, -0.2) is 23.5 Å². The summed E-state index contributed by atoms with van der Waals surface area (Å²) in [6.07, 6.45) is -8.47. The largest absolute Gasteiger partial charge is 0.512 e. The molecule has 0 amide bonds. The number of hydrogen-bond acceptors (Lipinski definition) is 2. The maximum Gasteiger partial charge on any atom is 0.390 e. The summed E-state index contributed by atoms with van der Waals surface area (Å²) in [6, 6.07) is 0. The molecule has 0 fully saturated rings. The Morgan fingerprint density at radius 2 is 1.55 bits per heavy atom. The van der Waals surface area contributed by atoms with Crippen LogP contribution < -0.4 is 0 Å². The van der Waals surface area contributed by atoms with Gasteiger partial charge in [0, 0.05) is 23.3 Å². The van der Waals surface area contributed by atoms with Gasteiger partial charge in [0.1, 0.15) is 5.76 Å². The number of halogens is 5. The maximum absolute atomic E-state index is 12.6. The molecule has 0 heterocycles. The van der Waals surface area contributed by atoms with Gasteiger partial charge in [0.2, 0.25) is 6.43 Å². The SMILES string of the molecule is CCC(C)(CC(F)F)C(=O)/C=C(\O)C(C)(CC)CC(F)(F)F. The van der Waals surface area contributed by atoms with Gasteiger partial charge in [-0.05, 0) is 12.8 Å². The fourth-order valence-electron chi connectivity index (χ4n) is 2.07. The number of carbonyl (C=O) groups excluding carboxylic acids is 1. The Balaban J connectivity index is 5.42. The van der Waals surface area contributed by atoms with Gasteiger partial charge in [0.25, 0.3) is 0 Å². The van der Waals surface area contributed by atoms with Gasteiger partial charge >= 0.3 is 6.18 Å². The Kier molecular flexibility index (Phi) is 7.03. The smallest absolute Gasteiger partial charge is 0.390 e. The summed E-state index contributed by atoms with van der Waals surface area (Å²) >= 11 is 0. The molecule has 0 bridgehead atoms. The predicted octanol–water partition coefficient (Wildman–Crippen LogP) is 5.44. The predicted molar refractivity (Wildman–Crippen MR) is 73.8 cm³/mol. The molecule has 22 heavy (non-hydrogen) atoms. The first-order chi connectivity index (χ1) is 9.79. The second kappa shape index (κ2) is 7.42. The summed E-state index contributed by atoms with van der Waals surface area (Å²) in [5.41, 5.74) is -3.05. The molecule has 2 nitrogen and oxygen atoms in total. The molecule has 2 atom stereocenters. The molecule has 130 valence electrons. The van der Waals surface area contributed by atoms with Crippen molar-refractivity contribution in [2.45, 2.75) is 66.0 Å². The Bertz CT molecular complexity index is 417. The number of carbonyl (C=O) groups is 1. The molecular formula is C15H23F5O2. The summed E-state index contributed by atoms with van der Waals surface area (Å²) in [4.78, 5) is 12.1. The minimum absolute atomic E-state index is 0.0419. The minimum atomic E-state index is -4.51. The Hall–Kier alpha value is -1.14. The second-order valence-electron chi connectivity index (χ2n) is 6.11. The molecule has 1 N–H and O–H groups in total. The van der Waals surface area contributed by atoms with Crippen molar-refractivity contribution in [1.29, 1.82) is 0 Å². The van der Waals surface area contributed by atoms with Crippen LogP contribution in [0.15, 0.2) is 11.8 Å². The van der Waals surface area contributed by atoms with Gasteiger partial charge in [-0.25, -0.2) is 8.78 Å². The summed E-state index contributed by atoms with van der Waals surface area (Å²) in [5, 5.41) is 9.95. The number of rotatable bonds is 8. The van der Waals surface area contributed by atoms with Gasteiger partial charge < -0.3 is 5.11 Å². The van der Waals surface area contributed by atoms with Crippen molar-refractivity contribution < 1.29 is 31.9 Å². The first-order valence-electron chi connectivity index (χ1n) is 7.10. The highest BCUT2D eigenvalue weighted by Crippen LogP contribution is 2.41. The third-order valence-corrected chi connectivity index (χ3v) is 4.24. The molecule has 2 unspecified atom stereocenters. The fourth-order valence-corrected chi connectivity index (χ4v) is 2.07. The number of ketones is 1. The Morgan fingerprint density at radius 3 is 1.86 bits per heavy atom. The van der Waals surface area contributed by atoms with Crippen LogP contribution in [0.1, 0.15) is 53.4 Å².